The number of hydrogen-bond acceptors (Lipinski definition) is 6. The van der Waals surface area contributed by atoms with Gasteiger partial charge in [-0.3, -0.25) is 4.79 Å². The zero-order valence-electron chi connectivity index (χ0n) is 19.3. The van der Waals surface area contributed by atoms with E-state index in [-0.39, 0.29) is 12.4 Å². The molecule has 2 aliphatic rings. The molecule has 0 unspecified atom stereocenters. The van der Waals surface area contributed by atoms with Crippen LogP contribution in [0.2, 0.25) is 10.0 Å². The second-order valence-corrected chi connectivity index (χ2v) is 10.3. The molecule has 1 aliphatic carbocycles. The molecule has 1 heterocycles. The molecule has 1 aliphatic heterocycles. The summed E-state index contributed by atoms with van der Waals surface area (Å²) < 4.78 is 12.9. The van der Waals surface area contributed by atoms with Crippen LogP contribution in [-0.4, -0.2) is 24.3 Å². The highest BCUT2D eigenvalue weighted by atomic mass is 127. The topological polar surface area (TPSA) is 88.6 Å². The van der Waals surface area contributed by atoms with Crippen LogP contribution in [0.4, 0.5) is 0 Å². The van der Waals surface area contributed by atoms with Crippen molar-refractivity contribution in [1.82, 2.24) is 4.90 Å². The first-order chi connectivity index (χ1) is 16.8. The number of Topliss-reactive ketones (excluding diaryl/α,β-unsaturated/α-hetero) is 1. The maximum atomic E-state index is 13.1. The molecule has 0 amide bonds. The molecule has 0 aromatic heterocycles. The van der Waals surface area contributed by atoms with E-state index >= 15 is 0 Å². The summed E-state index contributed by atoms with van der Waals surface area (Å²) in [5.74, 6) is 0.964. The number of hydrogen-bond donors (Lipinski definition) is 1. The van der Waals surface area contributed by atoms with Crippen molar-refractivity contribution in [3.63, 3.8) is 0 Å². The number of carbonyl (C=O) groups excluding carboxylic acids is 1. The van der Waals surface area contributed by atoms with Gasteiger partial charge >= 0.3 is 0 Å². The third kappa shape index (κ3) is 4.97. The summed E-state index contributed by atoms with van der Waals surface area (Å²) in [7, 11) is 1.81. The highest BCUT2D eigenvalue weighted by Gasteiger charge is 2.39. The van der Waals surface area contributed by atoms with Gasteiger partial charge in [0.25, 0.3) is 0 Å². The van der Waals surface area contributed by atoms with Crippen molar-refractivity contribution in [3.05, 3.63) is 77.7 Å². The average molecular weight is 624 g/mol. The lowest BCUT2D eigenvalue weighted by molar-refractivity contribution is -0.116. The number of halogens is 3. The Bertz CT molecular complexity index is 1300. The van der Waals surface area contributed by atoms with Gasteiger partial charge in [0, 0.05) is 40.3 Å². The third-order valence-corrected chi connectivity index (χ3v) is 7.61. The summed E-state index contributed by atoms with van der Waals surface area (Å²) in [6, 6.07) is 11.3. The van der Waals surface area contributed by atoms with E-state index in [0.717, 1.165) is 33.2 Å². The molecule has 9 heteroatoms. The van der Waals surface area contributed by atoms with E-state index in [4.69, 9.17) is 38.4 Å². The summed E-state index contributed by atoms with van der Waals surface area (Å²) in [5.41, 5.74) is 9.82. The normalized spacial score (nSPS) is 17.9. The van der Waals surface area contributed by atoms with Gasteiger partial charge in [-0.1, -0.05) is 29.3 Å². The molecule has 35 heavy (non-hydrogen) atoms. The first-order valence-electron chi connectivity index (χ1n) is 11.2. The molecule has 0 bridgehead atoms. The molecule has 0 spiro atoms. The lowest BCUT2D eigenvalue weighted by atomic mass is 9.76. The van der Waals surface area contributed by atoms with Crippen molar-refractivity contribution in [3.8, 4) is 17.6 Å². The van der Waals surface area contributed by atoms with Gasteiger partial charge in [0.1, 0.15) is 12.4 Å². The first kappa shape index (κ1) is 25.7. The van der Waals surface area contributed by atoms with E-state index in [9.17, 15) is 10.1 Å². The highest BCUT2D eigenvalue weighted by Crippen LogP contribution is 2.47. The molecule has 4 rings (SSSR count). The molecule has 6 nitrogen and oxygen atoms in total. The predicted molar refractivity (Wildman–Crippen MR) is 144 cm³/mol. The molecule has 0 fully saturated rings. The highest BCUT2D eigenvalue weighted by molar-refractivity contribution is 14.1. The summed E-state index contributed by atoms with van der Waals surface area (Å²) in [5, 5.41) is 11.1. The lowest BCUT2D eigenvalue weighted by Crippen LogP contribution is -2.36. The average Bonchev–Trinajstić information content (AvgIpc) is 2.82. The smallest absolute Gasteiger partial charge is 0.174 e. The maximum Gasteiger partial charge on any atom is 0.174 e. The SMILES string of the molecule is CCOc1cc([C@@H]2C(C#N)=C(N)N(C)C3=C2C(=O)CCC3)cc(I)c1OCc1ccc(Cl)cc1Cl. The van der Waals surface area contributed by atoms with Crippen molar-refractivity contribution in [2.45, 2.75) is 38.7 Å². The first-order valence-corrected chi connectivity index (χ1v) is 13.0. The Balaban J connectivity index is 1.78. The molecule has 0 saturated heterocycles. The molecular weight excluding hydrogens is 600 g/mol. The van der Waals surface area contributed by atoms with Crippen LogP contribution in [0.1, 0.15) is 43.2 Å². The van der Waals surface area contributed by atoms with Gasteiger partial charge < -0.3 is 20.1 Å². The van der Waals surface area contributed by atoms with E-state index in [2.05, 4.69) is 28.7 Å². The Morgan fingerprint density at radius 2 is 2.00 bits per heavy atom. The van der Waals surface area contributed by atoms with Gasteiger partial charge in [0.05, 0.1) is 27.7 Å². The fourth-order valence-corrected chi connectivity index (χ4v) is 5.79. The second-order valence-electron chi connectivity index (χ2n) is 8.33. The largest absolute Gasteiger partial charge is 0.490 e. The van der Waals surface area contributed by atoms with E-state index in [1.165, 1.54) is 0 Å². The monoisotopic (exact) mass is 623 g/mol. The third-order valence-electron chi connectivity index (χ3n) is 6.22. The van der Waals surface area contributed by atoms with Crippen LogP contribution in [0, 0.1) is 14.9 Å². The molecule has 2 aromatic carbocycles. The minimum Gasteiger partial charge on any atom is -0.490 e. The Hall–Kier alpha value is -2.41. The van der Waals surface area contributed by atoms with Crippen molar-refractivity contribution < 1.29 is 14.3 Å². The van der Waals surface area contributed by atoms with E-state index in [1.54, 1.807) is 17.0 Å². The summed E-state index contributed by atoms with van der Waals surface area (Å²) in [6.45, 7) is 2.53. The number of ether oxygens (including phenoxy) is 2. The summed E-state index contributed by atoms with van der Waals surface area (Å²) in [6.07, 6.45) is 1.97. The van der Waals surface area contributed by atoms with Crippen LogP contribution in [0.5, 0.6) is 11.5 Å². The fourth-order valence-electron chi connectivity index (χ4n) is 4.54. The Morgan fingerprint density at radius 1 is 1.23 bits per heavy atom. The zero-order chi connectivity index (χ0) is 25.3. The van der Waals surface area contributed by atoms with E-state index in [0.29, 0.717) is 51.5 Å². The van der Waals surface area contributed by atoms with Crippen LogP contribution in [-0.2, 0) is 11.4 Å². The Kier molecular flexibility index (Phi) is 7.84. The van der Waals surface area contributed by atoms with Crippen molar-refractivity contribution in [2.75, 3.05) is 13.7 Å². The molecule has 0 radical (unpaired) electrons. The minimum atomic E-state index is -0.550. The Labute approximate surface area is 228 Å². The van der Waals surface area contributed by atoms with Crippen molar-refractivity contribution >= 4 is 51.6 Å². The number of ketones is 1. The quantitative estimate of drug-likeness (QED) is 0.380. The van der Waals surface area contributed by atoms with Gasteiger partial charge in [-0.2, -0.15) is 5.26 Å². The summed E-state index contributed by atoms with van der Waals surface area (Å²) in [4.78, 5) is 14.8. The molecule has 1 atom stereocenters. The van der Waals surface area contributed by atoms with Crippen molar-refractivity contribution in [2.24, 2.45) is 5.73 Å². The fraction of sp³-hybridized carbons (Fsp3) is 0.308. The summed E-state index contributed by atoms with van der Waals surface area (Å²) >= 11 is 14.5. The van der Waals surface area contributed by atoms with Crippen LogP contribution >= 0.6 is 45.8 Å². The number of nitriles is 1. The molecular formula is C26H24Cl2IN3O3. The van der Waals surface area contributed by atoms with E-state index in [1.807, 2.05) is 32.2 Å². The number of nitrogens with zero attached hydrogens (tertiary/aromatic N) is 2. The molecule has 182 valence electrons. The van der Waals surface area contributed by atoms with Gasteiger partial charge in [-0.15, -0.1) is 0 Å². The van der Waals surface area contributed by atoms with Crippen LogP contribution in [0.25, 0.3) is 0 Å². The predicted octanol–water partition coefficient (Wildman–Crippen LogP) is 6.31. The van der Waals surface area contributed by atoms with Gasteiger partial charge in [0.15, 0.2) is 17.3 Å². The number of carbonyl (C=O) groups is 1. The number of rotatable bonds is 6. The van der Waals surface area contributed by atoms with Gasteiger partial charge in [-0.05, 0) is 72.2 Å². The zero-order valence-corrected chi connectivity index (χ0v) is 23.0. The van der Waals surface area contributed by atoms with Crippen LogP contribution in [0.15, 0.2) is 53.0 Å². The lowest BCUT2D eigenvalue weighted by Gasteiger charge is -2.37. The van der Waals surface area contributed by atoms with Crippen molar-refractivity contribution in [1.29, 1.82) is 5.26 Å². The minimum absolute atomic E-state index is 0.0500. The van der Waals surface area contributed by atoms with Gasteiger partial charge in [0.2, 0.25) is 0 Å². The van der Waals surface area contributed by atoms with E-state index < -0.39 is 5.92 Å². The van der Waals surface area contributed by atoms with Gasteiger partial charge in [-0.25, -0.2) is 0 Å². The number of nitrogens with two attached hydrogens (primary N) is 1. The number of allylic oxidation sites excluding steroid dienone is 3. The number of benzene rings is 2. The second kappa shape index (κ2) is 10.7. The molecule has 0 saturated carbocycles. The Morgan fingerprint density at radius 3 is 2.69 bits per heavy atom. The maximum absolute atomic E-state index is 13.1. The standard InChI is InChI=1S/C26H24Cl2IN3O3/c1-3-34-22-10-15(9-19(29)25(22)35-13-14-7-8-16(27)11-18(14)28)23-17(12-30)26(31)32(2)20-5-4-6-21(33)24(20)23/h7-11,23H,3-6,13,31H2,1-2H3/t23-/m1/s1. The van der Waals surface area contributed by atoms with Crippen LogP contribution in [0.3, 0.4) is 0 Å². The molecule has 2 aromatic rings. The van der Waals surface area contributed by atoms with Crippen LogP contribution < -0.4 is 15.2 Å². The molecule has 2 N–H and O–H groups in total.